The summed E-state index contributed by atoms with van der Waals surface area (Å²) in [6, 6.07) is 1.96. The Morgan fingerprint density at radius 3 is 2.91 bits per heavy atom. The number of hydrogen-bond donors (Lipinski definition) is 2. The van der Waals surface area contributed by atoms with Gasteiger partial charge >= 0.3 is 6.09 Å². The van der Waals surface area contributed by atoms with E-state index in [1.165, 1.54) is 0 Å². The molecule has 1 fully saturated rings. The minimum absolute atomic E-state index is 0.0186. The number of rotatable bonds is 4. The third-order valence-electron chi connectivity index (χ3n) is 3.89. The largest absolute Gasteiger partial charge is 0.444 e. The molecule has 7 heteroatoms. The van der Waals surface area contributed by atoms with Crippen molar-refractivity contribution in [2.24, 2.45) is 11.8 Å². The number of hydrazine groups is 1. The minimum atomic E-state index is -0.471. The van der Waals surface area contributed by atoms with Crippen LogP contribution in [0.2, 0.25) is 0 Å². The van der Waals surface area contributed by atoms with Crippen molar-refractivity contribution in [1.29, 1.82) is 0 Å². The molecule has 0 spiro atoms. The summed E-state index contributed by atoms with van der Waals surface area (Å²) in [5.74, 6) is 6.01. The molecule has 0 aliphatic carbocycles. The van der Waals surface area contributed by atoms with Crippen molar-refractivity contribution in [1.82, 2.24) is 20.1 Å². The molecule has 1 aromatic heterocycles. The lowest BCUT2D eigenvalue weighted by Crippen LogP contribution is -2.38. The van der Waals surface area contributed by atoms with Gasteiger partial charge in [0.25, 0.3) is 0 Å². The van der Waals surface area contributed by atoms with Gasteiger partial charge in [-0.3, -0.25) is 16.0 Å². The minimum Gasteiger partial charge on any atom is -0.444 e. The predicted molar refractivity (Wildman–Crippen MR) is 83.9 cm³/mol. The quantitative estimate of drug-likeness (QED) is 0.652. The number of nitrogens with one attached hydrogen (secondary N) is 1. The van der Waals surface area contributed by atoms with Crippen LogP contribution in [0, 0.1) is 5.92 Å². The second-order valence-electron chi connectivity index (χ2n) is 6.69. The van der Waals surface area contributed by atoms with E-state index in [2.05, 4.69) is 10.5 Å². The summed E-state index contributed by atoms with van der Waals surface area (Å²) in [5.41, 5.74) is 3.48. The fraction of sp³-hybridized carbons (Fsp3) is 0.733. The Bertz CT molecular complexity index is 508. The van der Waals surface area contributed by atoms with Gasteiger partial charge in [0.1, 0.15) is 5.60 Å². The molecule has 124 valence electrons. The maximum atomic E-state index is 12.2. The van der Waals surface area contributed by atoms with Crippen LogP contribution in [-0.2, 0) is 11.3 Å². The van der Waals surface area contributed by atoms with Gasteiger partial charge in [-0.05, 0) is 40.2 Å². The predicted octanol–water partition coefficient (Wildman–Crippen LogP) is 1.66. The smallest absolute Gasteiger partial charge is 0.410 e. The standard InChI is InChI=1S/C15H27N5O2/c1-5-20-12(6-8-17-20)13(18-16)11-7-9-19(10-11)14(21)22-15(2,3)4/h6,8,11,13,18H,5,7,9-10,16H2,1-4H3. The molecular weight excluding hydrogens is 282 g/mol. The molecule has 1 amide bonds. The van der Waals surface area contributed by atoms with E-state index in [0.717, 1.165) is 18.7 Å². The molecule has 1 aliphatic rings. The first kappa shape index (κ1) is 16.8. The normalized spacial score (nSPS) is 20.2. The fourth-order valence-electron chi connectivity index (χ4n) is 2.89. The summed E-state index contributed by atoms with van der Waals surface area (Å²) < 4.78 is 7.37. The van der Waals surface area contributed by atoms with Crippen LogP contribution in [0.25, 0.3) is 0 Å². The molecule has 2 atom stereocenters. The third kappa shape index (κ3) is 3.78. The van der Waals surface area contributed by atoms with Crippen molar-refractivity contribution in [3.63, 3.8) is 0 Å². The van der Waals surface area contributed by atoms with E-state index < -0.39 is 5.60 Å². The highest BCUT2D eigenvalue weighted by molar-refractivity contribution is 5.68. The van der Waals surface area contributed by atoms with E-state index in [4.69, 9.17) is 10.6 Å². The van der Waals surface area contributed by atoms with Gasteiger partial charge in [0.15, 0.2) is 0 Å². The number of nitrogens with zero attached hydrogens (tertiary/aromatic N) is 3. The first-order chi connectivity index (χ1) is 10.4. The Morgan fingerprint density at radius 1 is 1.59 bits per heavy atom. The van der Waals surface area contributed by atoms with E-state index in [9.17, 15) is 4.79 Å². The Labute approximate surface area is 131 Å². The highest BCUT2D eigenvalue weighted by Gasteiger charge is 2.35. The number of aromatic nitrogens is 2. The first-order valence-corrected chi connectivity index (χ1v) is 7.81. The number of hydrogen-bond acceptors (Lipinski definition) is 5. The lowest BCUT2D eigenvalue weighted by atomic mass is 9.96. The van der Waals surface area contributed by atoms with Gasteiger partial charge in [0.05, 0.1) is 11.7 Å². The van der Waals surface area contributed by atoms with Crippen molar-refractivity contribution in [3.8, 4) is 0 Å². The molecule has 7 nitrogen and oxygen atoms in total. The number of ether oxygens (including phenoxy) is 1. The Morgan fingerprint density at radius 2 is 2.32 bits per heavy atom. The molecule has 0 bridgehead atoms. The van der Waals surface area contributed by atoms with Gasteiger partial charge in [-0.25, -0.2) is 4.79 Å². The van der Waals surface area contributed by atoms with Crippen molar-refractivity contribution in [2.75, 3.05) is 13.1 Å². The van der Waals surface area contributed by atoms with Crippen LogP contribution in [0.1, 0.15) is 45.9 Å². The van der Waals surface area contributed by atoms with Crippen LogP contribution in [0.5, 0.6) is 0 Å². The van der Waals surface area contributed by atoms with Crippen molar-refractivity contribution >= 4 is 6.09 Å². The average Bonchev–Trinajstić information content (AvgIpc) is 3.07. The maximum Gasteiger partial charge on any atom is 0.410 e. The van der Waals surface area contributed by atoms with Crippen molar-refractivity contribution in [3.05, 3.63) is 18.0 Å². The first-order valence-electron chi connectivity index (χ1n) is 7.81. The molecule has 3 N–H and O–H groups in total. The number of likely N-dealkylation sites (tertiary alicyclic amines) is 1. The van der Waals surface area contributed by atoms with Gasteiger partial charge < -0.3 is 9.64 Å². The zero-order valence-electron chi connectivity index (χ0n) is 13.9. The number of carbonyl (C=O) groups excluding carboxylic acids is 1. The molecule has 22 heavy (non-hydrogen) atoms. The lowest BCUT2D eigenvalue weighted by molar-refractivity contribution is 0.0285. The van der Waals surface area contributed by atoms with Gasteiger partial charge in [-0.2, -0.15) is 5.10 Å². The summed E-state index contributed by atoms with van der Waals surface area (Å²) >= 11 is 0. The highest BCUT2D eigenvalue weighted by Crippen LogP contribution is 2.30. The summed E-state index contributed by atoms with van der Waals surface area (Å²) in [4.78, 5) is 13.9. The number of carbonyl (C=O) groups is 1. The molecular formula is C15H27N5O2. The molecule has 1 saturated heterocycles. The Kier molecular flexibility index (Phi) is 5.08. The molecule has 0 aromatic carbocycles. The zero-order valence-corrected chi connectivity index (χ0v) is 13.9. The summed E-state index contributed by atoms with van der Waals surface area (Å²) in [6.07, 6.45) is 2.42. The van der Waals surface area contributed by atoms with Crippen LogP contribution in [0.4, 0.5) is 4.79 Å². The lowest BCUT2D eigenvalue weighted by Gasteiger charge is -2.26. The zero-order chi connectivity index (χ0) is 16.3. The van der Waals surface area contributed by atoms with Crippen molar-refractivity contribution < 1.29 is 9.53 Å². The van der Waals surface area contributed by atoms with Crippen LogP contribution in [-0.4, -0.2) is 39.5 Å². The van der Waals surface area contributed by atoms with Crippen LogP contribution >= 0.6 is 0 Å². The van der Waals surface area contributed by atoms with E-state index in [1.54, 1.807) is 11.1 Å². The highest BCUT2D eigenvalue weighted by atomic mass is 16.6. The second kappa shape index (κ2) is 6.66. The number of aryl methyl sites for hydroxylation is 1. The summed E-state index contributed by atoms with van der Waals surface area (Å²) in [5, 5.41) is 4.29. The average molecular weight is 309 g/mol. The molecule has 1 aromatic rings. The van der Waals surface area contributed by atoms with Crippen LogP contribution < -0.4 is 11.3 Å². The van der Waals surface area contributed by atoms with E-state index in [-0.39, 0.29) is 18.1 Å². The van der Waals surface area contributed by atoms with Gasteiger partial charge in [-0.1, -0.05) is 0 Å². The summed E-state index contributed by atoms with van der Waals surface area (Å²) in [7, 11) is 0. The second-order valence-corrected chi connectivity index (χ2v) is 6.69. The van der Waals surface area contributed by atoms with E-state index in [0.29, 0.717) is 13.1 Å². The van der Waals surface area contributed by atoms with E-state index in [1.807, 2.05) is 38.4 Å². The summed E-state index contributed by atoms with van der Waals surface area (Å²) in [6.45, 7) is 9.80. The van der Waals surface area contributed by atoms with E-state index >= 15 is 0 Å². The van der Waals surface area contributed by atoms with Crippen LogP contribution in [0.15, 0.2) is 12.3 Å². The number of amides is 1. The molecule has 0 radical (unpaired) electrons. The molecule has 1 aliphatic heterocycles. The van der Waals surface area contributed by atoms with Gasteiger partial charge in [0.2, 0.25) is 0 Å². The third-order valence-corrected chi connectivity index (χ3v) is 3.89. The Balaban J connectivity index is 2.03. The maximum absolute atomic E-state index is 12.2. The molecule has 0 saturated carbocycles. The van der Waals surface area contributed by atoms with Gasteiger partial charge in [-0.15, -0.1) is 0 Å². The number of nitrogens with two attached hydrogens (primary N) is 1. The SMILES string of the molecule is CCn1nccc1C(NN)C1CCN(C(=O)OC(C)(C)C)C1. The van der Waals surface area contributed by atoms with Crippen molar-refractivity contribution in [2.45, 2.75) is 52.3 Å². The van der Waals surface area contributed by atoms with Gasteiger partial charge in [0, 0.05) is 31.7 Å². The topological polar surface area (TPSA) is 85.4 Å². The Hall–Kier alpha value is -1.60. The monoisotopic (exact) mass is 309 g/mol. The van der Waals surface area contributed by atoms with Crippen LogP contribution in [0.3, 0.4) is 0 Å². The molecule has 2 rings (SSSR count). The fourth-order valence-corrected chi connectivity index (χ4v) is 2.89. The molecule has 2 heterocycles. The molecule has 2 unspecified atom stereocenters.